The van der Waals surface area contributed by atoms with Gasteiger partial charge >= 0.3 is 12.1 Å². The topological polar surface area (TPSA) is 20.2 Å². The molecule has 0 fully saturated rings. The van der Waals surface area contributed by atoms with Crippen LogP contribution in [0, 0.1) is 9.39 Å². The Morgan fingerprint density at radius 2 is 1.36 bits per heavy atom. The number of alkyl halides is 5. The summed E-state index contributed by atoms with van der Waals surface area (Å²) in [6, 6.07) is 9.01. The first-order chi connectivity index (χ1) is 11.5. The summed E-state index contributed by atoms with van der Waals surface area (Å²) in [4.78, 5) is 0. The molecule has 8 heteroatoms. The Labute approximate surface area is 153 Å². The fraction of sp³-hybridized carbons (Fsp3) is 0.176. The molecule has 0 radical (unpaired) electrons. The lowest BCUT2D eigenvalue weighted by Crippen LogP contribution is -2.53. The Kier molecular flexibility index (Phi) is 5.53. The highest BCUT2D eigenvalue weighted by Crippen LogP contribution is 2.49. The van der Waals surface area contributed by atoms with E-state index in [1.807, 2.05) is 22.6 Å². The van der Waals surface area contributed by atoms with Crippen molar-refractivity contribution in [2.45, 2.75) is 17.7 Å². The van der Waals surface area contributed by atoms with Crippen molar-refractivity contribution >= 4 is 28.7 Å². The lowest BCUT2D eigenvalue weighted by molar-refractivity contribution is -0.334. The van der Waals surface area contributed by atoms with E-state index in [0.29, 0.717) is 9.65 Å². The molecule has 0 aliphatic rings. The van der Waals surface area contributed by atoms with Crippen molar-refractivity contribution in [1.29, 1.82) is 0 Å². The first kappa shape index (κ1) is 19.8. The summed E-state index contributed by atoms with van der Waals surface area (Å²) in [7, 11) is 0. The van der Waals surface area contributed by atoms with Crippen molar-refractivity contribution in [3.8, 4) is 0 Å². The molecular weight excluding hydrogens is 461 g/mol. The van der Waals surface area contributed by atoms with Crippen molar-refractivity contribution in [2.75, 3.05) is 0 Å². The van der Waals surface area contributed by atoms with Gasteiger partial charge in [0, 0.05) is 3.57 Å². The van der Waals surface area contributed by atoms with Gasteiger partial charge in [-0.05, 0) is 64.1 Å². The first-order valence-corrected chi connectivity index (χ1v) is 7.93. The standard InChI is InChI=1S/C17H11F6IO/c18-13-5-1-11(2-6-13)9-10-15(25,16(19,20)17(21,22)23)12-3-7-14(24)8-4-12/h1-10,25H/b10-9+. The monoisotopic (exact) mass is 472 g/mol. The van der Waals surface area contributed by atoms with E-state index in [1.54, 1.807) is 0 Å². The molecule has 0 spiro atoms. The van der Waals surface area contributed by atoms with Gasteiger partial charge in [0.15, 0.2) is 5.60 Å². The van der Waals surface area contributed by atoms with Gasteiger partial charge in [0.2, 0.25) is 0 Å². The molecule has 0 aliphatic carbocycles. The van der Waals surface area contributed by atoms with Crippen LogP contribution in [0.5, 0.6) is 0 Å². The van der Waals surface area contributed by atoms with Crippen molar-refractivity contribution in [3.63, 3.8) is 0 Å². The Hall–Kier alpha value is -1.55. The quantitative estimate of drug-likeness (QED) is 0.459. The second kappa shape index (κ2) is 6.99. The summed E-state index contributed by atoms with van der Waals surface area (Å²) in [5.41, 5.74) is -4.08. The van der Waals surface area contributed by atoms with E-state index in [4.69, 9.17) is 0 Å². The van der Waals surface area contributed by atoms with E-state index in [-0.39, 0.29) is 5.56 Å². The molecule has 0 aliphatic heterocycles. The molecule has 2 aromatic carbocycles. The Morgan fingerprint density at radius 1 is 0.840 bits per heavy atom. The van der Waals surface area contributed by atoms with Crippen LogP contribution in [0.25, 0.3) is 6.08 Å². The summed E-state index contributed by atoms with van der Waals surface area (Å²) >= 11 is 1.85. The highest BCUT2D eigenvalue weighted by Gasteiger charge is 2.69. The third-order valence-corrected chi connectivity index (χ3v) is 4.23. The summed E-state index contributed by atoms with van der Waals surface area (Å²) in [6.45, 7) is 0. The lowest BCUT2D eigenvalue weighted by atomic mass is 9.86. The second-order valence-corrected chi connectivity index (χ2v) is 6.48. The van der Waals surface area contributed by atoms with Gasteiger partial charge in [-0.15, -0.1) is 0 Å². The molecule has 1 nitrogen and oxygen atoms in total. The number of aliphatic hydroxyl groups is 1. The third kappa shape index (κ3) is 4.00. The average Bonchev–Trinajstić information content (AvgIpc) is 2.53. The van der Waals surface area contributed by atoms with Crippen LogP contribution in [0.2, 0.25) is 0 Å². The van der Waals surface area contributed by atoms with E-state index in [9.17, 15) is 31.4 Å². The molecule has 1 unspecified atom stereocenters. The van der Waals surface area contributed by atoms with Gasteiger partial charge in [-0.2, -0.15) is 22.0 Å². The molecule has 0 heterocycles. The van der Waals surface area contributed by atoms with Crippen LogP contribution in [0.4, 0.5) is 26.3 Å². The largest absolute Gasteiger partial charge is 0.457 e. The Morgan fingerprint density at radius 3 is 1.84 bits per heavy atom. The van der Waals surface area contributed by atoms with E-state index in [1.165, 1.54) is 24.3 Å². The highest BCUT2D eigenvalue weighted by molar-refractivity contribution is 14.1. The minimum absolute atomic E-state index is 0.156. The van der Waals surface area contributed by atoms with Gasteiger partial charge in [-0.25, -0.2) is 4.39 Å². The van der Waals surface area contributed by atoms with Crippen LogP contribution in [0.1, 0.15) is 11.1 Å². The van der Waals surface area contributed by atoms with Gasteiger partial charge in [-0.3, -0.25) is 0 Å². The Bertz CT molecular complexity index is 752. The van der Waals surface area contributed by atoms with Crippen LogP contribution in [-0.4, -0.2) is 17.2 Å². The van der Waals surface area contributed by atoms with Gasteiger partial charge < -0.3 is 5.11 Å². The summed E-state index contributed by atoms with van der Waals surface area (Å²) < 4.78 is 80.2. The van der Waals surface area contributed by atoms with E-state index in [2.05, 4.69) is 0 Å². The lowest BCUT2D eigenvalue weighted by Gasteiger charge is -2.35. The van der Waals surface area contributed by atoms with Gasteiger partial charge in [0.25, 0.3) is 0 Å². The maximum atomic E-state index is 14.0. The number of hydrogen-bond donors (Lipinski definition) is 1. The van der Waals surface area contributed by atoms with Gasteiger partial charge in [0.1, 0.15) is 5.82 Å². The molecule has 134 valence electrons. The number of rotatable bonds is 4. The predicted octanol–water partition coefficient (Wildman–Crippen LogP) is 5.53. The van der Waals surface area contributed by atoms with Crippen LogP contribution in [0.15, 0.2) is 54.6 Å². The van der Waals surface area contributed by atoms with E-state index < -0.39 is 29.1 Å². The minimum atomic E-state index is -5.97. The van der Waals surface area contributed by atoms with Crippen LogP contribution >= 0.6 is 22.6 Å². The van der Waals surface area contributed by atoms with E-state index in [0.717, 1.165) is 30.3 Å². The molecule has 0 saturated carbocycles. The number of benzene rings is 2. The van der Waals surface area contributed by atoms with E-state index >= 15 is 0 Å². The zero-order valence-electron chi connectivity index (χ0n) is 12.4. The van der Waals surface area contributed by atoms with Crippen LogP contribution in [0.3, 0.4) is 0 Å². The molecule has 2 aromatic rings. The zero-order valence-corrected chi connectivity index (χ0v) is 14.5. The van der Waals surface area contributed by atoms with Crippen molar-refractivity contribution in [3.05, 3.63) is 75.1 Å². The average molecular weight is 472 g/mol. The number of hydrogen-bond acceptors (Lipinski definition) is 1. The fourth-order valence-corrected chi connectivity index (χ4v) is 2.45. The van der Waals surface area contributed by atoms with Crippen molar-refractivity contribution < 1.29 is 31.4 Å². The molecule has 25 heavy (non-hydrogen) atoms. The maximum absolute atomic E-state index is 14.0. The second-order valence-electron chi connectivity index (χ2n) is 5.23. The fourth-order valence-electron chi connectivity index (χ4n) is 2.09. The zero-order chi connectivity index (χ0) is 18.9. The smallest absolute Gasteiger partial charge is 0.375 e. The third-order valence-electron chi connectivity index (χ3n) is 3.51. The van der Waals surface area contributed by atoms with Gasteiger partial charge in [0.05, 0.1) is 0 Å². The summed E-state index contributed by atoms with van der Waals surface area (Å²) in [5, 5.41) is 10.3. The van der Waals surface area contributed by atoms with Gasteiger partial charge in [-0.1, -0.05) is 30.3 Å². The molecule has 2 rings (SSSR count). The molecule has 1 atom stereocenters. The Balaban J connectivity index is 2.56. The molecule has 0 saturated heterocycles. The highest BCUT2D eigenvalue weighted by atomic mass is 127. The minimum Gasteiger partial charge on any atom is -0.375 e. The predicted molar refractivity (Wildman–Crippen MR) is 89.5 cm³/mol. The summed E-state index contributed by atoms with van der Waals surface area (Å²) in [5.74, 6) is -6.03. The van der Waals surface area contributed by atoms with Crippen molar-refractivity contribution in [1.82, 2.24) is 0 Å². The van der Waals surface area contributed by atoms with Crippen LogP contribution in [-0.2, 0) is 5.60 Å². The maximum Gasteiger partial charge on any atom is 0.457 e. The van der Waals surface area contributed by atoms with Crippen LogP contribution < -0.4 is 0 Å². The molecule has 0 amide bonds. The SMILES string of the molecule is OC(/C=C/c1ccc(F)cc1)(c1ccc(I)cc1)C(F)(F)C(F)(F)F. The molecule has 1 N–H and O–H groups in total. The molecule has 0 bridgehead atoms. The molecule has 0 aromatic heterocycles. The summed E-state index contributed by atoms with van der Waals surface area (Å²) in [6.07, 6.45) is -4.72. The van der Waals surface area contributed by atoms with Crippen molar-refractivity contribution in [2.24, 2.45) is 0 Å². The normalized spacial score (nSPS) is 15.4. The first-order valence-electron chi connectivity index (χ1n) is 6.85. The molecular formula is C17H11F6IO. The number of halogens is 7.